The topological polar surface area (TPSA) is 78.7 Å². The van der Waals surface area contributed by atoms with Gasteiger partial charge in [0.25, 0.3) is 5.69 Å². The Balaban J connectivity index is 1.63. The zero-order valence-electron chi connectivity index (χ0n) is 14.3. The molecule has 26 heavy (non-hydrogen) atoms. The fourth-order valence-corrected chi connectivity index (χ4v) is 3.47. The molecule has 0 radical (unpaired) electrons. The largest absolute Gasteiger partial charge is 0.362 e. The van der Waals surface area contributed by atoms with Crippen molar-refractivity contribution in [2.45, 2.75) is 6.92 Å². The SMILES string of the molecule is Cc1cc(Br)ccc1NC(=O)N1CCN(c2ccccc2[N+](=O)[O-])CC1. The lowest BCUT2D eigenvalue weighted by molar-refractivity contribution is -0.384. The highest BCUT2D eigenvalue weighted by Gasteiger charge is 2.25. The molecule has 0 atom stereocenters. The second-order valence-electron chi connectivity index (χ2n) is 6.11. The smallest absolute Gasteiger partial charge is 0.321 e. The number of nitro benzene ring substituents is 1. The molecule has 136 valence electrons. The van der Waals surface area contributed by atoms with Gasteiger partial charge in [-0.1, -0.05) is 28.1 Å². The summed E-state index contributed by atoms with van der Waals surface area (Å²) in [5, 5.41) is 14.1. The van der Waals surface area contributed by atoms with Crippen molar-refractivity contribution >= 4 is 39.0 Å². The molecule has 0 aliphatic carbocycles. The van der Waals surface area contributed by atoms with Gasteiger partial charge in [-0.2, -0.15) is 0 Å². The molecule has 1 aliphatic heterocycles. The third-order valence-corrected chi connectivity index (χ3v) is 4.91. The Morgan fingerprint density at radius 2 is 1.85 bits per heavy atom. The van der Waals surface area contributed by atoms with Crippen molar-refractivity contribution in [2.24, 2.45) is 0 Å². The van der Waals surface area contributed by atoms with Crippen molar-refractivity contribution in [2.75, 3.05) is 36.4 Å². The summed E-state index contributed by atoms with van der Waals surface area (Å²) in [6.45, 7) is 4.06. The van der Waals surface area contributed by atoms with E-state index in [0.717, 1.165) is 15.7 Å². The first-order chi connectivity index (χ1) is 12.5. The number of para-hydroxylation sites is 2. The molecule has 1 heterocycles. The predicted octanol–water partition coefficient (Wildman–Crippen LogP) is 4.02. The number of aryl methyl sites for hydroxylation is 1. The molecule has 1 fully saturated rings. The molecular formula is C18H19BrN4O3. The lowest BCUT2D eigenvalue weighted by atomic mass is 10.2. The second kappa shape index (κ2) is 7.74. The molecular weight excluding hydrogens is 400 g/mol. The van der Waals surface area contributed by atoms with E-state index in [4.69, 9.17) is 0 Å². The van der Waals surface area contributed by atoms with E-state index in [1.54, 1.807) is 23.1 Å². The fourth-order valence-electron chi connectivity index (χ4n) is 3.00. The second-order valence-corrected chi connectivity index (χ2v) is 7.02. The Bertz CT molecular complexity index is 835. The number of nitro groups is 1. The van der Waals surface area contributed by atoms with Gasteiger partial charge in [0, 0.05) is 42.4 Å². The number of hydrogen-bond donors (Lipinski definition) is 1. The van der Waals surface area contributed by atoms with Gasteiger partial charge in [0.05, 0.1) is 4.92 Å². The van der Waals surface area contributed by atoms with Crippen LogP contribution in [0.5, 0.6) is 0 Å². The van der Waals surface area contributed by atoms with Gasteiger partial charge in [-0.15, -0.1) is 0 Å². The molecule has 2 aromatic carbocycles. The van der Waals surface area contributed by atoms with Crippen molar-refractivity contribution < 1.29 is 9.72 Å². The van der Waals surface area contributed by atoms with E-state index in [1.165, 1.54) is 6.07 Å². The van der Waals surface area contributed by atoms with Crippen LogP contribution in [0.1, 0.15) is 5.56 Å². The van der Waals surface area contributed by atoms with Gasteiger partial charge in [0.2, 0.25) is 0 Å². The van der Waals surface area contributed by atoms with E-state index < -0.39 is 0 Å². The van der Waals surface area contributed by atoms with Gasteiger partial charge in [-0.25, -0.2) is 4.79 Å². The zero-order chi connectivity index (χ0) is 18.7. The summed E-state index contributed by atoms with van der Waals surface area (Å²) >= 11 is 3.41. The summed E-state index contributed by atoms with van der Waals surface area (Å²) in [6, 6.07) is 12.2. The van der Waals surface area contributed by atoms with E-state index >= 15 is 0 Å². The predicted molar refractivity (Wildman–Crippen MR) is 105 cm³/mol. The minimum Gasteiger partial charge on any atom is -0.362 e. The lowest BCUT2D eigenvalue weighted by Gasteiger charge is -2.35. The zero-order valence-corrected chi connectivity index (χ0v) is 15.9. The van der Waals surface area contributed by atoms with Crippen LogP contribution in [-0.4, -0.2) is 42.0 Å². The highest BCUT2D eigenvalue weighted by molar-refractivity contribution is 9.10. The quantitative estimate of drug-likeness (QED) is 0.602. The number of urea groups is 1. The van der Waals surface area contributed by atoms with Gasteiger partial charge in [-0.05, 0) is 36.8 Å². The number of nitrogens with one attached hydrogen (secondary N) is 1. The summed E-state index contributed by atoms with van der Waals surface area (Å²) in [5.74, 6) is 0. The average molecular weight is 419 g/mol. The molecule has 2 amide bonds. The van der Waals surface area contributed by atoms with Crippen LogP contribution >= 0.6 is 15.9 Å². The first-order valence-corrected chi connectivity index (χ1v) is 9.05. The maximum atomic E-state index is 12.5. The first-order valence-electron chi connectivity index (χ1n) is 8.26. The normalized spacial score (nSPS) is 14.2. The Kier molecular flexibility index (Phi) is 5.41. The summed E-state index contributed by atoms with van der Waals surface area (Å²) in [5.41, 5.74) is 2.45. The molecule has 0 bridgehead atoms. The van der Waals surface area contributed by atoms with Crippen molar-refractivity contribution in [1.29, 1.82) is 0 Å². The van der Waals surface area contributed by atoms with Gasteiger partial charge in [0.1, 0.15) is 5.69 Å². The van der Waals surface area contributed by atoms with Crippen molar-refractivity contribution in [3.05, 3.63) is 62.6 Å². The molecule has 0 spiro atoms. The average Bonchev–Trinajstić information content (AvgIpc) is 2.64. The van der Waals surface area contributed by atoms with Gasteiger partial charge >= 0.3 is 6.03 Å². The molecule has 1 saturated heterocycles. The number of carbonyl (C=O) groups excluding carboxylic acids is 1. The third-order valence-electron chi connectivity index (χ3n) is 4.42. The van der Waals surface area contributed by atoms with Crippen molar-refractivity contribution in [3.63, 3.8) is 0 Å². The maximum absolute atomic E-state index is 12.5. The van der Waals surface area contributed by atoms with Crippen LogP contribution in [0.15, 0.2) is 46.9 Å². The Morgan fingerprint density at radius 1 is 1.15 bits per heavy atom. The van der Waals surface area contributed by atoms with E-state index in [2.05, 4.69) is 21.2 Å². The fraction of sp³-hybridized carbons (Fsp3) is 0.278. The number of nitrogens with zero attached hydrogens (tertiary/aromatic N) is 3. The number of carbonyl (C=O) groups is 1. The maximum Gasteiger partial charge on any atom is 0.321 e. The Morgan fingerprint density at radius 3 is 2.50 bits per heavy atom. The van der Waals surface area contributed by atoms with Gasteiger partial charge in [0.15, 0.2) is 0 Å². The van der Waals surface area contributed by atoms with Crippen LogP contribution in [0.25, 0.3) is 0 Å². The van der Waals surface area contributed by atoms with E-state index in [-0.39, 0.29) is 16.6 Å². The van der Waals surface area contributed by atoms with Crippen LogP contribution in [0.4, 0.5) is 21.9 Å². The van der Waals surface area contributed by atoms with Crippen molar-refractivity contribution in [3.8, 4) is 0 Å². The third kappa shape index (κ3) is 3.96. The molecule has 2 aromatic rings. The molecule has 1 N–H and O–H groups in total. The van der Waals surface area contributed by atoms with Crippen LogP contribution in [0.2, 0.25) is 0 Å². The number of amides is 2. The number of halogens is 1. The van der Waals surface area contributed by atoms with Gasteiger partial charge in [-0.3, -0.25) is 10.1 Å². The van der Waals surface area contributed by atoms with Crippen LogP contribution in [0.3, 0.4) is 0 Å². The molecule has 3 rings (SSSR count). The van der Waals surface area contributed by atoms with Crippen molar-refractivity contribution in [1.82, 2.24) is 4.90 Å². The van der Waals surface area contributed by atoms with E-state index in [0.29, 0.717) is 31.9 Å². The Labute approximate surface area is 159 Å². The lowest BCUT2D eigenvalue weighted by Crippen LogP contribution is -2.50. The van der Waals surface area contributed by atoms with E-state index in [9.17, 15) is 14.9 Å². The highest BCUT2D eigenvalue weighted by Crippen LogP contribution is 2.28. The molecule has 1 aliphatic rings. The monoisotopic (exact) mass is 418 g/mol. The number of hydrogen-bond acceptors (Lipinski definition) is 4. The number of anilines is 2. The molecule has 0 unspecified atom stereocenters. The summed E-state index contributed by atoms with van der Waals surface area (Å²) in [4.78, 5) is 27.0. The molecule has 0 aromatic heterocycles. The molecule has 7 nitrogen and oxygen atoms in total. The molecule has 8 heteroatoms. The molecule has 0 saturated carbocycles. The first kappa shape index (κ1) is 18.2. The highest BCUT2D eigenvalue weighted by atomic mass is 79.9. The van der Waals surface area contributed by atoms with Crippen LogP contribution in [0, 0.1) is 17.0 Å². The minimum absolute atomic E-state index is 0.0934. The Hall–Kier alpha value is -2.61. The number of rotatable bonds is 3. The van der Waals surface area contributed by atoms with E-state index in [1.807, 2.05) is 30.0 Å². The summed E-state index contributed by atoms with van der Waals surface area (Å²) in [6.07, 6.45) is 0. The summed E-state index contributed by atoms with van der Waals surface area (Å²) < 4.78 is 0.964. The summed E-state index contributed by atoms with van der Waals surface area (Å²) in [7, 11) is 0. The van der Waals surface area contributed by atoms with Crippen LogP contribution < -0.4 is 10.2 Å². The standard InChI is InChI=1S/C18H19BrN4O3/c1-13-12-14(19)6-7-15(13)20-18(24)22-10-8-21(9-11-22)16-4-2-3-5-17(16)23(25)26/h2-7,12H,8-11H2,1H3,(H,20,24). The minimum atomic E-state index is -0.370. The number of benzene rings is 2. The van der Waals surface area contributed by atoms with Gasteiger partial charge < -0.3 is 15.1 Å². The van der Waals surface area contributed by atoms with Crippen LogP contribution in [-0.2, 0) is 0 Å². The number of piperazine rings is 1.